The number of benzene rings is 6. The first-order valence-electron chi connectivity index (χ1n) is 13.5. The van der Waals surface area contributed by atoms with Crippen LogP contribution in [-0.4, -0.2) is 0 Å². The number of halogens is 1. The van der Waals surface area contributed by atoms with E-state index >= 15 is 0 Å². The van der Waals surface area contributed by atoms with E-state index in [1.807, 2.05) is 12.1 Å². The summed E-state index contributed by atoms with van der Waals surface area (Å²) in [5, 5.41) is 0. The monoisotopic (exact) mass is 624 g/mol. The smallest absolute Gasteiger partial charge is 0.178 e. The van der Waals surface area contributed by atoms with E-state index in [1.54, 1.807) is 0 Å². The molecule has 3 heteroatoms. The maximum atomic E-state index is 6.97. The lowest BCUT2D eigenvalue weighted by molar-refractivity contribution is 0.361. The molecule has 0 saturated heterocycles. The van der Waals surface area contributed by atoms with Crippen LogP contribution >= 0.6 is 22.6 Å². The molecule has 1 heterocycles. The normalized spacial score (nSPS) is 14.2. The Morgan fingerprint density at radius 3 is 1.65 bits per heavy atom. The number of rotatable bonds is 1. The second-order valence-electron chi connectivity index (χ2n) is 10.5. The fraction of sp³-hybridized carbons (Fsp3) is 0.0270. The zero-order chi connectivity index (χ0) is 26.4. The van der Waals surface area contributed by atoms with Crippen molar-refractivity contribution in [3.63, 3.8) is 0 Å². The Kier molecular flexibility index (Phi) is 4.54. The third-order valence-corrected chi connectivity index (χ3v) is 9.59. The van der Waals surface area contributed by atoms with Crippen LogP contribution in [-0.2, 0) is 5.41 Å². The molecule has 2 nitrogen and oxygen atoms in total. The highest BCUT2D eigenvalue weighted by molar-refractivity contribution is 14.1. The first-order valence-corrected chi connectivity index (χ1v) is 14.5. The van der Waals surface area contributed by atoms with Gasteiger partial charge in [-0.1, -0.05) is 109 Å². The van der Waals surface area contributed by atoms with Crippen LogP contribution in [0, 0.1) is 3.57 Å². The predicted octanol–water partition coefficient (Wildman–Crippen LogP) is 10.2. The van der Waals surface area contributed by atoms with Gasteiger partial charge in [0.05, 0.1) is 5.41 Å². The molecule has 0 aromatic heterocycles. The van der Waals surface area contributed by atoms with E-state index in [-0.39, 0.29) is 0 Å². The van der Waals surface area contributed by atoms with Crippen molar-refractivity contribution < 1.29 is 9.47 Å². The van der Waals surface area contributed by atoms with E-state index in [0.717, 1.165) is 39.7 Å². The summed E-state index contributed by atoms with van der Waals surface area (Å²) >= 11 is 2.39. The quantitative estimate of drug-likeness (QED) is 0.169. The van der Waals surface area contributed by atoms with Gasteiger partial charge in [0, 0.05) is 14.7 Å². The Morgan fingerprint density at radius 2 is 0.950 bits per heavy atom. The van der Waals surface area contributed by atoms with Crippen LogP contribution in [0.2, 0.25) is 0 Å². The molecule has 0 N–H and O–H groups in total. The van der Waals surface area contributed by atoms with Crippen molar-refractivity contribution in [2.45, 2.75) is 5.41 Å². The number of hydrogen-bond acceptors (Lipinski definition) is 2. The molecule has 0 fully saturated rings. The fourth-order valence-electron chi connectivity index (χ4n) is 7.13. The molecule has 0 saturated carbocycles. The SMILES string of the molecule is Ic1ccccc1-c1cccc2c1Oc1c(ccc3c1-c1ccccc1C31c3ccccc3-c3ccccc31)O2. The molecule has 6 aromatic carbocycles. The van der Waals surface area contributed by atoms with Crippen LogP contribution in [0.15, 0.2) is 127 Å². The molecular formula is C37H21IO2. The summed E-state index contributed by atoms with van der Waals surface area (Å²) < 4.78 is 14.7. The van der Waals surface area contributed by atoms with Crippen LogP contribution in [0.5, 0.6) is 23.0 Å². The zero-order valence-electron chi connectivity index (χ0n) is 21.3. The van der Waals surface area contributed by atoms with Gasteiger partial charge >= 0.3 is 0 Å². The molecule has 188 valence electrons. The summed E-state index contributed by atoms with van der Waals surface area (Å²) in [5.41, 5.74) is 11.8. The standard InChI is InChI=1S/C37H21IO2/c38-31-18-8-4-12-24(31)25-14-9-19-32-35(25)40-36-33(39-32)21-20-30-34(36)26-13-3-7-17-29(26)37(30)27-15-5-1-10-22(27)23-11-2-6-16-28(23)37/h1-21H. The predicted molar refractivity (Wildman–Crippen MR) is 167 cm³/mol. The topological polar surface area (TPSA) is 18.5 Å². The average molecular weight is 624 g/mol. The van der Waals surface area contributed by atoms with Crippen molar-refractivity contribution >= 4 is 22.6 Å². The van der Waals surface area contributed by atoms with Gasteiger partial charge in [0.2, 0.25) is 0 Å². The third kappa shape index (κ3) is 2.73. The van der Waals surface area contributed by atoms with Gasteiger partial charge in [-0.05, 0) is 85.3 Å². The average Bonchev–Trinajstić information content (AvgIpc) is 3.48. The first-order chi connectivity index (χ1) is 19.8. The van der Waals surface area contributed by atoms with Crippen molar-refractivity contribution in [1.82, 2.24) is 0 Å². The Labute approximate surface area is 246 Å². The van der Waals surface area contributed by atoms with Crippen LogP contribution in [0.4, 0.5) is 0 Å². The number of hydrogen-bond donors (Lipinski definition) is 0. The number of ether oxygens (including phenoxy) is 2. The lowest BCUT2D eigenvalue weighted by Gasteiger charge is -2.31. The van der Waals surface area contributed by atoms with E-state index in [2.05, 4.69) is 138 Å². The summed E-state index contributed by atoms with van der Waals surface area (Å²) in [4.78, 5) is 0. The minimum absolute atomic E-state index is 0.411. The summed E-state index contributed by atoms with van der Waals surface area (Å²) in [6.45, 7) is 0. The highest BCUT2D eigenvalue weighted by atomic mass is 127. The Balaban J connectivity index is 1.34. The Morgan fingerprint density at radius 1 is 0.400 bits per heavy atom. The molecule has 6 aromatic rings. The minimum Gasteiger partial charge on any atom is -0.449 e. The van der Waals surface area contributed by atoms with Gasteiger partial charge in [0.25, 0.3) is 0 Å². The third-order valence-electron chi connectivity index (χ3n) is 8.65. The molecule has 0 radical (unpaired) electrons. The fourth-order valence-corrected chi connectivity index (χ4v) is 7.81. The van der Waals surface area contributed by atoms with E-state index < -0.39 is 5.41 Å². The number of fused-ring (bicyclic) bond motifs is 13. The molecule has 0 bridgehead atoms. The van der Waals surface area contributed by atoms with E-state index in [9.17, 15) is 0 Å². The van der Waals surface area contributed by atoms with Crippen LogP contribution < -0.4 is 9.47 Å². The van der Waals surface area contributed by atoms with Gasteiger partial charge in [0.1, 0.15) is 0 Å². The molecule has 0 atom stereocenters. The van der Waals surface area contributed by atoms with Crippen LogP contribution in [0.25, 0.3) is 33.4 Å². The largest absolute Gasteiger partial charge is 0.449 e. The van der Waals surface area contributed by atoms with Crippen molar-refractivity contribution in [3.05, 3.63) is 153 Å². The van der Waals surface area contributed by atoms with Crippen molar-refractivity contribution in [2.75, 3.05) is 0 Å². The molecule has 3 aliphatic rings. The summed E-state index contributed by atoms with van der Waals surface area (Å²) in [7, 11) is 0. The molecule has 40 heavy (non-hydrogen) atoms. The number of para-hydroxylation sites is 1. The maximum absolute atomic E-state index is 6.97. The van der Waals surface area contributed by atoms with Crippen molar-refractivity contribution in [3.8, 4) is 56.4 Å². The van der Waals surface area contributed by atoms with Crippen molar-refractivity contribution in [1.29, 1.82) is 0 Å². The second-order valence-corrected chi connectivity index (χ2v) is 11.7. The molecule has 2 aliphatic carbocycles. The molecule has 0 unspecified atom stereocenters. The highest BCUT2D eigenvalue weighted by Gasteiger charge is 2.53. The summed E-state index contributed by atoms with van der Waals surface area (Å²) in [5.74, 6) is 3.03. The van der Waals surface area contributed by atoms with Gasteiger partial charge in [-0.25, -0.2) is 0 Å². The van der Waals surface area contributed by atoms with Gasteiger partial charge in [0.15, 0.2) is 23.0 Å². The Hall–Kier alpha value is -4.35. The van der Waals surface area contributed by atoms with E-state index in [4.69, 9.17) is 9.47 Å². The van der Waals surface area contributed by atoms with Crippen LogP contribution in [0.3, 0.4) is 0 Å². The summed E-state index contributed by atoms with van der Waals surface area (Å²) in [6.07, 6.45) is 0. The molecule has 0 amide bonds. The maximum Gasteiger partial charge on any atom is 0.178 e. The van der Waals surface area contributed by atoms with Crippen LogP contribution in [0.1, 0.15) is 22.3 Å². The van der Waals surface area contributed by atoms with Crippen molar-refractivity contribution in [2.24, 2.45) is 0 Å². The second kappa shape index (κ2) is 8.09. The summed E-state index contributed by atoms with van der Waals surface area (Å²) in [6, 6.07) is 45.4. The van der Waals surface area contributed by atoms with Gasteiger partial charge < -0.3 is 9.47 Å². The zero-order valence-corrected chi connectivity index (χ0v) is 23.5. The van der Waals surface area contributed by atoms with Gasteiger partial charge in [-0.3, -0.25) is 0 Å². The van der Waals surface area contributed by atoms with Gasteiger partial charge in [-0.15, -0.1) is 0 Å². The molecule has 9 rings (SSSR count). The molecule has 1 spiro atoms. The highest BCUT2D eigenvalue weighted by Crippen LogP contribution is 2.66. The minimum atomic E-state index is -0.411. The lowest BCUT2D eigenvalue weighted by Crippen LogP contribution is -2.25. The lowest BCUT2D eigenvalue weighted by atomic mass is 9.70. The van der Waals surface area contributed by atoms with E-state index in [0.29, 0.717) is 0 Å². The van der Waals surface area contributed by atoms with E-state index in [1.165, 1.54) is 42.5 Å². The Bertz CT molecular complexity index is 1990. The molecular weight excluding hydrogens is 603 g/mol. The first kappa shape index (κ1) is 22.5. The van der Waals surface area contributed by atoms with Gasteiger partial charge in [-0.2, -0.15) is 0 Å². The molecule has 1 aliphatic heterocycles.